The molecule has 3 aromatic carbocycles. The summed E-state index contributed by atoms with van der Waals surface area (Å²) in [6, 6.07) is 18.0. The molecule has 8 nitrogen and oxygen atoms in total. The number of rotatable bonds is 17. The molecule has 222 valence electrons. The molecule has 0 saturated carbocycles. The minimum atomic E-state index is -0.876. The Bertz CT molecular complexity index is 1270. The first-order valence-electron chi connectivity index (χ1n) is 14.0. The third-order valence-corrected chi connectivity index (χ3v) is 7.95. The summed E-state index contributed by atoms with van der Waals surface area (Å²) >= 11 is 1.66. The van der Waals surface area contributed by atoms with Crippen LogP contribution < -0.4 is 26.3 Å². The first-order chi connectivity index (χ1) is 19.7. The summed E-state index contributed by atoms with van der Waals surface area (Å²) in [7, 11) is 5.41. The second-order valence-electron chi connectivity index (χ2n) is 10.2. The molecule has 0 fully saturated rings. The quantitative estimate of drug-likeness (QED) is 0.0831. The van der Waals surface area contributed by atoms with E-state index in [9.17, 15) is 9.90 Å². The van der Waals surface area contributed by atoms with E-state index in [-0.39, 0.29) is 12.3 Å². The van der Waals surface area contributed by atoms with Gasteiger partial charge in [-0.05, 0) is 104 Å². The van der Waals surface area contributed by atoms with E-state index >= 15 is 0 Å². The lowest BCUT2D eigenvalue weighted by Gasteiger charge is -2.22. The van der Waals surface area contributed by atoms with Crippen LogP contribution in [0.15, 0.2) is 59.5 Å². The van der Waals surface area contributed by atoms with Gasteiger partial charge < -0.3 is 31.4 Å². The fraction of sp³-hybridized carbons (Fsp3) is 0.406. The summed E-state index contributed by atoms with van der Waals surface area (Å²) in [4.78, 5) is 13.0. The van der Waals surface area contributed by atoms with E-state index in [0.29, 0.717) is 30.3 Å². The van der Waals surface area contributed by atoms with Crippen molar-refractivity contribution < 1.29 is 19.4 Å². The summed E-state index contributed by atoms with van der Waals surface area (Å²) in [6.07, 6.45) is 4.33. The number of nitrogens with zero attached hydrogens (tertiary/aromatic N) is 1. The van der Waals surface area contributed by atoms with Gasteiger partial charge in [-0.15, -0.1) is 0 Å². The maximum absolute atomic E-state index is 11.9. The van der Waals surface area contributed by atoms with Crippen LogP contribution in [0.5, 0.6) is 11.5 Å². The van der Waals surface area contributed by atoms with Gasteiger partial charge in [0.15, 0.2) is 0 Å². The molecule has 1 unspecified atom stereocenters. The number of unbranched alkanes of at least 4 members (excludes halogenated alkanes) is 3. The molecule has 0 aliphatic carbocycles. The molecule has 0 aliphatic rings. The zero-order valence-electron chi connectivity index (χ0n) is 24.6. The molecule has 0 heterocycles. The highest BCUT2D eigenvalue weighted by Gasteiger charge is 2.22. The van der Waals surface area contributed by atoms with Crippen molar-refractivity contribution in [1.29, 1.82) is 0 Å². The minimum Gasteiger partial charge on any atom is -0.494 e. The molecule has 3 aromatic rings. The van der Waals surface area contributed by atoms with Crippen LogP contribution in [0.1, 0.15) is 60.3 Å². The Kier molecular flexibility index (Phi) is 12.6. The van der Waals surface area contributed by atoms with Gasteiger partial charge in [0, 0.05) is 24.4 Å². The molecule has 41 heavy (non-hydrogen) atoms. The molecule has 0 saturated heterocycles. The van der Waals surface area contributed by atoms with Crippen LogP contribution in [0.25, 0.3) is 0 Å². The molecule has 0 aromatic heterocycles. The minimum absolute atomic E-state index is 0.0588. The van der Waals surface area contributed by atoms with E-state index in [1.165, 1.54) is 0 Å². The predicted octanol–water partition coefficient (Wildman–Crippen LogP) is 6.27. The van der Waals surface area contributed by atoms with Crippen molar-refractivity contribution in [2.75, 3.05) is 45.4 Å². The average molecular weight is 581 g/mol. The fourth-order valence-electron chi connectivity index (χ4n) is 4.81. The van der Waals surface area contributed by atoms with Crippen molar-refractivity contribution in [3.05, 3.63) is 76.9 Å². The third kappa shape index (κ3) is 9.59. The number of nitrogens with two attached hydrogens (primary N) is 2. The first-order valence-corrected chi connectivity index (χ1v) is 14.8. The number of aliphatic carboxylic acids is 1. The van der Waals surface area contributed by atoms with Crippen LogP contribution in [0, 0.1) is 6.92 Å². The van der Waals surface area contributed by atoms with Crippen LogP contribution in [-0.2, 0) is 11.3 Å². The Morgan fingerprint density at radius 1 is 1.05 bits per heavy atom. The normalized spacial score (nSPS) is 11.9. The topological polar surface area (TPSA) is 123 Å². The molecule has 0 spiro atoms. The van der Waals surface area contributed by atoms with Crippen molar-refractivity contribution in [1.82, 2.24) is 4.31 Å². The lowest BCUT2D eigenvalue weighted by molar-refractivity contribution is -0.137. The van der Waals surface area contributed by atoms with E-state index in [2.05, 4.69) is 47.9 Å². The molecule has 6 N–H and O–H groups in total. The van der Waals surface area contributed by atoms with E-state index < -0.39 is 5.97 Å². The van der Waals surface area contributed by atoms with Gasteiger partial charge in [-0.2, -0.15) is 0 Å². The zero-order valence-corrected chi connectivity index (χ0v) is 25.4. The van der Waals surface area contributed by atoms with E-state index in [1.54, 1.807) is 26.1 Å². The van der Waals surface area contributed by atoms with Crippen LogP contribution in [0.3, 0.4) is 0 Å². The largest absolute Gasteiger partial charge is 0.494 e. The number of benzene rings is 3. The Hall–Kier alpha value is -3.40. The summed E-state index contributed by atoms with van der Waals surface area (Å²) in [5.74, 6) is 0.211. The Balaban J connectivity index is 1.71. The lowest BCUT2D eigenvalue weighted by atomic mass is 9.86. The highest BCUT2D eigenvalue weighted by atomic mass is 32.2. The number of hydrogen-bond donors (Lipinski definition) is 4. The van der Waals surface area contributed by atoms with Gasteiger partial charge in [-0.3, -0.25) is 4.79 Å². The average Bonchev–Trinajstić information content (AvgIpc) is 2.95. The molecular formula is C32H44N4O4S. The molecule has 1 atom stereocenters. The predicted molar refractivity (Wildman–Crippen MR) is 169 cm³/mol. The van der Waals surface area contributed by atoms with E-state index in [1.807, 2.05) is 30.3 Å². The van der Waals surface area contributed by atoms with E-state index in [0.717, 1.165) is 65.1 Å². The number of nitrogens with one attached hydrogen (secondary N) is 1. The fourth-order valence-corrected chi connectivity index (χ4v) is 5.63. The molecular weight excluding hydrogens is 536 g/mol. The number of carboxylic acids is 1. The molecule has 0 bridgehead atoms. The number of hydrogen-bond acceptors (Lipinski definition) is 8. The Morgan fingerprint density at radius 2 is 1.78 bits per heavy atom. The van der Waals surface area contributed by atoms with Crippen molar-refractivity contribution in [2.45, 2.75) is 56.4 Å². The van der Waals surface area contributed by atoms with Gasteiger partial charge in [0.25, 0.3) is 0 Å². The monoisotopic (exact) mass is 580 g/mol. The molecule has 0 amide bonds. The van der Waals surface area contributed by atoms with Gasteiger partial charge in [0.2, 0.25) is 0 Å². The summed E-state index contributed by atoms with van der Waals surface area (Å²) < 4.78 is 13.6. The van der Waals surface area contributed by atoms with Gasteiger partial charge >= 0.3 is 5.97 Å². The van der Waals surface area contributed by atoms with Gasteiger partial charge in [-0.1, -0.05) is 31.0 Å². The summed E-state index contributed by atoms with van der Waals surface area (Å²) in [5.41, 5.74) is 17.0. The van der Waals surface area contributed by atoms with E-state index in [4.69, 9.17) is 20.9 Å². The smallest absolute Gasteiger partial charge is 0.304 e. The maximum Gasteiger partial charge on any atom is 0.304 e. The third-order valence-electron chi connectivity index (χ3n) is 7.03. The molecule has 0 aliphatic heterocycles. The van der Waals surface area contributed by atoms with Crippen LogP contribution in [0.4, 0.5) is 11.4 Å². The molecule has 9 heteroatoms. The highest BCUT2D eigenvalue weighted by molar-refractivity contribution is 7.97. The Morgan fingerprint density at radius 3 is 2.44 bits per heavy atom. The number of ether oxygens (including phenoxy) is 2. The first kappa shape index (κ1) is 32.1. The zero-order chi connectivity index (χ0) is 29.8. The van der Waals surface area contributed by atoms with Crippen LogP contribution in [0.2, 0.25) is 0 Å². The van der Waals surface area contributed by atoms with Gasteiger partial charge in [-0.25, -0.2) is 4.31 Å². The maximum atomic E-state index is 11.9. The second kappa shape index (κ2) is 16.1. The van der Waals surface area contributed by atoms with Crippen LogP contribution in [-0.4, -0.2) is 49.7 Å². The SMILES string of the molecule is CNc1c(N)cc(C(CC(=O)O)c2ccc(C)c(CN(C)Sc3ccc(OCCCCCCN)cc3)c2)cc1OC. The second-order valence-corrected chi connectivity index (χ2v) is 11.5. The number of carboxylic acid groups (broad SMARTS) is 1. The van der Waals surface area contributed by atoms with Crippen molar-refractivity contribution in [3.63, 3.8) is 0 Å². The van der Waals surface area contributed by atoms with Crippen LogP contribution >= 0.6 is 11.9 Å². The standard InChI is InChI=1S/C32H44N4O4S/c1-22-9-10-23(28(20-31(37)38)24-18-29(34)32(35-2)30(19-24)39-4)17-25(22)21-36(3)41-27-13-11-26(12-14-27)40-16-8-6-5-7-15-33/h9-14,17-19,28,35H,5-8,15-16,20-21,33-34H2,1-4H3,(H,37,38). The lowest BCUT2D eigenvalue weighted by Crippen LogP contribution is -2.13. The van der Waals surface area contributed by atoms with Crippen molar-refractivity contribution >= 4 is 29.3 Å². The van der Waals surface area contributed by atoms with Crippen molar-refractivity contribution in [3.8, 4) is 11.5 Å². The number of methoxy groups -OCH3 is 1. The summed E-state index contributed by atoms with van der Waals surface area (Å²) in [5, 5.41) is 12.8. The van der Waals surface area contributed by atoms with Gasteiger partial charge in [0.1, 0.15) is 11.5 Å². The number of anilines is 2. The number of nitrogen functional groups attached to an aromatic ring is 1. The van der Waals surface area contributed by atoms with Gasteiger partial charge in [0.05, 0.1) is 31.5 Å². The highest BCUT2D eigenvalue weighted by Crippen LogP contribution is 2.38. The molecule has 0 radical (unpaired) electrons. The number of aryl methyl sites for hydroxylation is 1. The molecule has 3 rings (SSSR count). The summed E-state index contributed by atoms with van der Waals surface area (Å²) in [6.45, 7) is 4.24. The Labute approximate surface area is 248 Å². The van der Waals surface area contributed by atoms with Crippen molar-refractivity contribution in [2.24, 2.45) is 5.73 Å². The number of carbonyl (C=O) groups is 1.